The fraction of sp³-hybridized carbons (Fsp3) is 0.0769. The van der Waals surface area contributed by atoms with Gasteiger partial charge in [0.25, 0.3) is 5.91 Å². The van der Waals surface area contributed by atoms with Gasteiger partial charge in [0.2, 0.25) is 0 Å². The molecule has 0 bridgehead atoms. The Balaban J connectivity index is 1.92. The molecule has 0 aliphatic rings. The predicted octanol–water partition coefficient (Wildman–Crippen LogP) is 1.93. The molecule has 1 amide bonds. The lowest BCUT2D eigenvalue weighted by atomic mass is 10.2. The van der Waals surface area contributed by atoms with E-state index >= 15 is 0 Å². The fourth-order valence-corrected chi connectivity index (χ4v) is 2.29. The summed E-state index contributed by atoms with van der Waals surface area (Å²) in [5.74, 6) is 5.11. The molecule has 2 aromatic heterocycles. The van der Waals surface area contributed by atoms with E-state index < -0.39 is 5.91 Å². The molecule has 0 fully saturated rings. The molecular weight excluding hydrogens is 280 g/mol. The van der Waals surface area contributed by atoms with E-state index in [9.17, 15) is 4.79 Å². The molecule has 102 valence electrons. The van der Waals surface area contributed by atoms with Crippen LogP contribution in [-0.2, 0) is 6.54 Å². The van der Waals surface area contributed by atoms with Crippen LogP contribution in [-0.4, -0.2) is 15.6 Å². The number of fused-ring (bicyclic) bond motifs is 1. The second-order valence-corrected chi connectivity index (χ2v) is 4.68. The standard InChI is InChI=1S/C13H11ClN4O2/c14-10-2-1-3-12-9(10)4-5-18(12)7-8-6-11(17-20-8)13(19)16-15/h1-6H,7,15H2,(H,16,19). The Morgan fingerprint density at radius 3 is 3.10 bits per heavy atom. The zero-order valence-electron chi connectivity index (χ0n) is 10.3. The Labute approximate surface area is 119 Å². The van der Waals surface area contributed by atoms with E-state index in [2.05, 4.69) is 5.16 Å². The second-order valence-electron chi connectivity index (χ2n) is 4.27. The summed E-state index contributed by atoms with van der Waals surface area (Å²) in [7, 11) is 0. The lowest BCUT2D eigenvalue weighted by molar-refractivity contribution is 0.0944. The van der Waals surface area contributed by atoms with E-state index in [-0.39, 0.29) is 5.69 Å². The van der Waals surface area contributed by atoms with Gasteiger partial charge in [-0.05, 0) is 18.2 Å². The molecule has 20 heavy (non-hydrogen) atoms. The zero-order valence-corrected chi connectivity index (χ0v) is 11.1. The van der Waals surface area contributed by atoms with Crippen molar-refractivity contribution >= 4 is 28.4 Å². The van der Waals surface area contributed by atoms with Crippen LogP contribution in [0.2, 0.25) is 5.02 Å². The second kappa shape index (κ2) is 4.99. The smallest absolute Gasteiger partial charge is 0.287 e. The summed E-state index contributed by atoms with van der Waals surface area (Å²) in [5.41, 5.74) is 3.14. The van der Waals surface area contributed by atoms with Crippen molar-refractivity contribution in [2.45, 2.75) is 6.54 Å². The Kier molecular flexibility index (Phi) is 3.17. The highest BCUT2D eigenvalue weighted by Crippen LogP contribution is 2.24. The van der Waals surface area contributed by atoms with Crippen LogP contribution in [0.15, 0.2) is 41.1 Å². The fourth-order valence-electron chi connectivity index (χ4n) is 2.06. The van der Waals surface area contributed by atoms with Crippen molar-refractivity contribution in [2.24, 2.45) is 5.84 Å². The number of nitrogens with zero attached hydrogens (tertiary/aromatic N) is 2. The van der Waals surface area contributed by atoms with E-state index in [0.717, 1.165) is 10.9 Å². The van der Waals surface area contributed by atoms with Crippen molar-refractivity contribution in [3.63, 3.8) is 0 Å². The molecule has 3 aromatic rings. The number of nitrogen functional groups attached to an aromatic ring is 1. The summed E-state index contributed by atoms with van der Waals surface area (Å²) < 4.78 is 7.08. The molecule has 0 spiro atoms. The average Bonchev–Trinajstić information content (AvgIpc) is 3.07. The molecule has 0 radical (unpaired) electrons. The molecular formula is C13H11ClN4O2. The molecule has 7 heteroatoms. The van der Waals surface area contributed by atoms with E-state index in [4.69, 9.17) is 22.0 Å². The molecule has 6 nitrogen and oxygen atoms in total. The molecule has 3 rings (SSSR count). The van der Waals surface area contributed by atoms with Gasteiger partial charge in [0.05, 0.1) is 6.54 Å². The topological polar surface area (TPSA) is 86.1 Å². The summed E-state index contributed by atoms with van der Waals surface area (Å²) >= 11 is 6.12. The molecule has 1 aromatic carbocycles. The molecule has 0 aliphatic carbocycles. The Bertz CT molecular complexity index is 778. The number of rotatable bonds is 3. The predicted molar refractivity (Wildman–Crippen MR) is 74.2 cm³/mol. The van der Waals surface area contributed by atoms with Crippen molar-refractivity contribution in [2.75, 3.05) is 0 Å². The minimum absolute atomic E-state index is 0.150. The van der Waals surface area contributed by atoms with Crippen LogP contribution in [0.3, 0.4) is 0 Å². The first-order valence-corrected chi connectivity index (χ1v) is 6.27. The summed E-state index contributed by atoms with van der Waals surface area (Å²) in [6.45, 7) is 0.453. The van der Waals surface area contributed by atoms with Gasteiger partial charge in [-0.2, -0.15) is 0 Å². The Morgan fingerprint density at radius 2 is 2.30 bits per heavy atom. The Morgan fingerprint density at radius 1 is 1.45 bits per heavy atom. The third kappa shape index (κ3) is 2.15. The van der Waals surface area contributed by atoms with Gasteiger partial charge in [-0.3, -0.25) is 10.2 Å². The number of halogens is 1. The van der Waals surface area contributed by atoms with Crippen LogP contribution in [0.4, 0.5) is 0 Å². The lowest BCUT2D eigenvalue weighted by Gasteiger charge is -2.02. The highest BCUT2D eigenvalue weighted by molar-refractivity contribution is 6.35. The van der Waals surface area contributed by atoms with E-state index in [0.29, 0.717) is 17.3 Å². The Hall–Kier alpha value is -2.31. The molecule has 3 N–H and O–H groups in total. The van der Waals surface area contributed by atoms with E-state index in [1.165, 1.54) is 0 Å². The van der Waals surface area contributed by atoms with Gasteiger partial charge in [0.1, 0.15) is 0 Å². The third-order valence-corrected chi connectivity index (χ3v) is 3.34. The number of carbonyl (C=O) groups excluding carboxylic acids is 1. The van der Waals surface area contributed by atoms with E-state index in [1.807, 2.05) is 40.5 Å². The van der Waals surface area contributed by atoms with Gasteiger partial charge in [0.15, 0.2) is 11.5 Å². The number of nitrogens with one attached hydrogen (secondary N) is 1. The summed E-state index contributed by atoms with van der Waals surface area (Å²) in [5, 5.41) is 5.32. The number of nitrogens with two attached hydrogens (primary N) is 1. The molecule has 0 saturated heterocycles. The van der Waals surface area contributed by atoms with Crippen molar-refractivity contribution in [1.29, 1.82) is 0 Å². The zero-order chi connectivity index (χ0) is 14.1. The molecule has 0 saturated carbocycles. The maximum atomic E-state index is 11.3. The van der Waals surface area contributed by atoms with Crippen LogP contribution in [0.1, 0.15) is 16.2 Å². The number of carbonyl (C=O) groups is 1. The van der Waals surface area contributed by atoms with Crippen molar-refractivity contribution in [3.05, 3.63) is 53.0 Å². The third-order valence-electron chi connectivity index (χ3n) is 3.01. The van der Waals surface area contributed by atoms with Gasteiger partial charge < -0.3 is 9.09 Å². The number of benzene rings is 1. The van der Waals surface area contributed by atoms with Gasteiger partial charge in [-0.15, -0.1) is 0 Å². The molecule has 0 aliphatic heterocycles. The number of hydrogen-bond donors (Lipinski definition) is 2. The van der Waals surface area contributed by atoms with Crippen molar-refractivity contribution in [3.8, 4) is 0 Å². The first-order valence-electron chi connectivity index (χ1n) is 5.89. The highest BCUT2D eigenvalue weighted by atomic mass is 35.5. The summed E-state index contributed by atoms with van der Waals surface area (Å²) in [6.07, 6.45) is 1.90. The first kappa shape index (κ1) is 12.7. The highest BCUT2D eigenvalue weighted by Gasteiger charge is 2.12. The monoisotopic (exact) mass is 290 g/mol. The number of aromatic nitrogens is 2. The molecule has 0 unspecified atom stereocenters. The molecule has 2 heterocycles. The lowest BCUT2D eigenvalue weighted by Crippen LogP contribution is -2.30. The number of amides is 1. The summed E-state index contributed by atoms with van der Waals surface area (Å²) in [6, 6.07) is 9.17. The average molecular weight is 291 g/mol. The van der Waals surface area contributed by atoms with Gasteiger partial charge in [0, 0.05) is 28.2 Å². The minimum Gasteiger partial charge on any atom is -0.359 e. The minimum atomic E-state index is -0.486. The SMILES string of the molecule is NNC(=O)c1cc(Cn2ccc3c(Cl)cccc32)on1. The number of hydrazine groups is 1. The molecule has 0 atom stereocenters. The van der Waals surface area contributed by atoms with Gasteiger partial charge >= 0.3 is 0 Å². The van der Waals surface area contributed by atoms with Crippen molar-refractivity contribution in [1.82, 2.24) is 15.1 Å². The van der Waals surface area contributed by atoms with Gasteiger partial charge in [-0.25, -0.2) is 5.84 Å². The normalized spacial score (nSPS) is 10.9. The number of hydrogen-bond acceptors (Lipinski definition) is 4. The maximum Gasteiger partial charge on any atom is 0.287 e. The van der Waals surface area contributed by atoms with Crippen LogP contribution < -0.4 is 11.3 Å². The van der Waals surface area contributed by atoms with Crippen LogP contribution in [0, 0.1) is 0 Å². The summed E-state index contributed by atoms with van der Waals surface area (Å²) in [4.78, 5) is 11.3. The largest absolute Gasteiger partial charge is 0.359 e. The first-order chi connectivity index (χ1) is 9.69. The van der Waals surface area contributed by atoms with Crippen LogP contribution >= 0.6 is 11.6 Å². The van der Waals surface area contributed by atoms with Crippen LogP contribution in [0.25, 0.3) is 10.9 Å². The quantitative estimate of drug-likeness (QED) is 0.438. The maximum absolute atomic E-state index is 11.3. The van der Waals surface area contributed by atoms with Crippen molar-refractivity contribution < 1.29 is 9.32 Å². The van der Waals surface area contributed by atoms with E-state index in [1.54, 1.807) is 6.07 Å². The van der Waals surface area contributed by atoms with Gasteiger partial charge in [-0.1, -0.05) is 22.8 Å². The van der Waals surface area contributed by atoms with Crippen LogP contribution in [0.5, 0.6) is 0 Å².